The molecule has 3 N–H and O–H groups in total. The van der Waals surface area contributed by atoms with Gasteiger partial charge in [-0.2, -0.15) is 4.72 Å². The van der Waals surface area contributed by atoms with Crippen LogP contribution in [0.4, 0.5) is 0 Å². The van der Waals surface area contributed by atoms with Gasteiger partial charge in [0.05, 0.1) is 6.04 Å². The molecule has 1 heterocycles. The molecule has 0 aromatic carbocycles. The number of nitrogens with one attached hydrogen (secondary N) is 2. The minimum absolute atomic E-state index is 0.286. The Bertz CT molecular complexity index is 643. The Labute approximate surface area is 127 Å². The van der Waals surface area contributed by atoms with Crippen LogP contribution in [0, 0.1) is 0 Å². The quantitative estimate of drug-likeness (QED) is 0.744. The molecule has 0 saturated heterocycles. The molecule has 0 aliphatic rings. The summed E-state index contributed by atoms with van der Waals surface area (Å²) in [7, 11) is -4.07. The van der Waals surface area contributed by atoms with Crippen LogP contribution in [0.3, 0.4) is 0 Å². The Morgan fingerprint density at radius 3 is 2.38 bits per heavy atom. The van der Waals surface area contributed by atoms with Crippen LogP contribution in [-0.2, 0) is 14.8 Å². The summed E-state index contributed by atoms with van der Waals surface area (Å²) < 4.78 is 26.5. The number of sulfonamides is 1. The molecule has 1 aromatic heterocycles. The summed E-state index contributed by atoms with van der Waals surface area (Å²) in [4.78, 5) is 22.2. The maximum Gasteiger partial charge on any atom is 0.347 e. The molecule has 1 amide bonds. The van der Waals surface area contributed by atoms with E-state index >= 15 is 0 Å². The van der Waals surface area contributed by atoms with Crippen LogP contribution in [-0.4, -0.2) is 37.0 Å². The Morgan fingerprint density at radius 2 is 1.90 bits per heavy atom. The third-order valence-corrected chi connectivity index (χ3v) is 4.95. The third kappa shape index (κ3) is 4.80. The summed E-state index contributed by atoms with van der Waals surface area (Å²) in [6.07, 6.45) is 0. The van der Waals surface area contributed by atoms with Gasteiger partial charge in [0.2, 0.25) is 15.9 Å². The first kappa shape index (κ1) is 17.6. The minimum atomic E-state index is -4.07. The fourth-order valence-corrected chi connectivity index (χ4v) is 3.96. The lowest BCUT2D eigenvalue weighted by Crippen LogP contribution is -2.50. The lowest BCUT2D eigenvalue weighted by atomic mass is 10.1. The molecule has 0 aliphatic heterocycles. The minimum Gasteiger partial charge on any atom is -0.477 e. The molecule has 0 fully saturated rings. The topological polar surface area (TPSA) is 113 Å². The molecular weight excluding hydrogens is 316 g/mol. The number of carboxylic acid groups (broad SMARTS) is 1. The number of rotatable bonds is 5. The second kappa shape index (κ2) is 6.12. The lowest BCUT2D eigenvalue weighted by Gasteiger charge is -2.23. The van der Waals surface area contributed by atoms with Gasteiger partial charge in [-0.15, -0.1) is 11.3 Å². The average molecular weight is 334 g/mol. The normalized spacial score (nSPS) is 13.7. The van der Waals surface area contributed by atoms with Gasteiger partial charge in [-0.1, -0.05) is 0 Å². The summed E-state index contributed by atoms with van der Waals surface area (Å²) in [5.74, 6) is -1.81. The predicted molar refractivity (Wildman–Crippen MR) is 79.0 cm³/mol. The van der Waals surface area contributed by atoms with Gasteiger partial charge in [0.25, 0.3) is 0 Å². The van der Waals surface area contributed by atoms with E-state index in [2.05, 4.69) is 10.0 Å². The van der Waals surface area contributed by atoms with Gasteiger partial charge in [0, 0.05) is 5.54 Å². The van der Waals surface area contributed by atoms with Crippen molar-refractivity contribution < 1.29 is 23.1 Å². The summed E-state index contributed by atoms with van der Waals surface area (Å²) in [5, 5.41) is 13.0. The average Bonchev–Trinajstić information content (AvgIpc) is 2.75. The standard InChI is InChI=1S/C12H18N2O5S2/c1-7(10(15)13-12(2,3)4)14-21(18,19)8-5-6-20-9(8)11(16)17/h5-7,14H,1-4H3,(H,13,15)(H,16,17). The molecule has 1 unspecified atom stereocenters. The van der Waals surface area contributed by atoms with Crippen LogP contribution < -0.4 is 10.0 Å². The molecule has 1 rings (SSSR count). The fraction of sp³-hybridized carbons (Fsp3) is 0.500. The molecule has 1 aromatic rings. The highest BCUT2D eigenvalue weighted by Crippen LogP contribution is 2.22. The van der Waals surface area contributed by atoms with Gasteiger partial charge in [-0.05, 0) is 39.1 Å². The molecule has 7 nitrogen and oxygen atoms in total. The van der Waals surface area contributed by atoms with E-state index in [4.69, 9.17) is 5.11 Å². The second-order valence-corrected chi connectivity index (χ2v) is 8.10. The summed E-state index contributed by atoms with van der Waals surface area (Å²) >= 11 is 0.811. The van der Waals surface area contributed by atoms with Crippen molar-refractivity contribution in [3.8, 4) is 0 Å². The van der Waals surface area contributed by atoms with Crippen LogP contribution in [0.25, 0.3) is 0 Å². The van der Waals surface area contributed by atoms with Crippen molar-refractivity contribution in [3.63, 3.8) is 0 Å². The first-order valence-corrected chi connectivity index (χ1v) is 8.45. The van der Waals surface area contributed by atoms with Crippen LogP contribution in [0.1, 0.15) is 37.4 Å². The number of thiophene rings is 1. The van der Waals surface area contributed by atoms with E-state index in [9.17, 15) is 18.0 Å². The first-order chi connectivity index (χ1) is 9.44. The van der Waals surface area contributed by atoms with Crippen LogP contribution in [0.2, 0.25) is 0 Å². The highest BCUT2D eigenvalue weighted by atomic mass is 32.2. The molecule has 1 atom stereocenters. The van der Waals surface area contributed by atoms with E-state index in [1.165, 1.54) is 18.4 Å². The predicted octanol–water partition coefficient (Wildman–Crippen LogP) is 1.03. The zero-order chi connectivity index (χ0) is 16.4. The largest absolute Gasteiger partial charge is 0.477 e. The van der Waals surface area contributed by atoms with Crippen molar-refractivity contribution in [3.05, 3.63) is 16.3 Å². The molecule has 0 saturated carbocycles. The van der Waals surface area contributed by atoms with Crippen molar-refractivity contribution >= 4 is 33.2 Å². The van der Waals surface area contributed by atoms with Crippen LogP contribution >= 0.6 is 11.3 Å². The summed E-state index contributed by atoms with van der Waals surface area (Å²) in [6.45, 7) is 6.71. The number of hydrogen-bond donors (Lipinski definition) is 3. The number of aromatic carboxylic acids is 1. The molecule has 0 spiro atoms. The Kier molecular flexibility index (Phi) is 5.13. The number of carbonyl (C=O) groups is 2. The Hall–Kier alpha value is -1.45. The maximum atomic E-state index is 12.2. The van der Waals surface area contributed by atoms with Crippen molar-refractivity contribution in [1.29, 1.82) is 0 Å². The third-order valence-electron chi connectivity index (χ3n) is 2.34. The monoisotopic (exact) mass is 334 g/mol. The van der Waals surface area contributed by atoms with Crippen molar-refractivity contribution in [2.24, 2.45) is 0 Å². The molecule has 0 radical (unpaired) electrons. The van der Waals surface area contributed by atoms with Crippen molar-refractivity contribution in [1.82, 2.24) is 10.0 Å². The number of hydrogen-bond acceptors (Lipinski definition) is 5. The van der Waals surface area contributed by atoms with E-state index in [1.807, 2.05) is 0 Å². The number of carbonyl (C=O) groups excluding carboxylic acids is 1. The van der Waals surface area contributed by atoms with Crippen LogP contribution in [0.15, 0.2) is 16.3 Å². The second-order valence-electron chi connectivity index (χ2n) is 5.50. The van der Waals surface area contributed by atoms with E-state index in [1.54, 1.807) is 20.8 Å². The molecule has 0 aliphatic carbocycles. The smallest absolute Gasteiger partial charge is 0.347 e. The SMILES string of the molecule is CC(NS(=O)(=O)c1ccsc1C(=O)O)C(=O)NC(C)(C)C. The molecule has 118 valence electrons. The number of amides is 1. The maximum absolute atomic E-state index is 12.2. The highest BCUT2D eigenvalue weighted by Gasteiger charge is 2.28. The zero-order valence-corrected chi connectivity index (χ0v) is 13.8. The van der Waals surface area contributed by atoms with Gasteiger partial charge in [-0.25, -0.2) is 13.2 Å². The molecular formula is C12H18N2O5S2. The lowest BCUT2D eigenvalue weighted by molar-refractivity contribution is -0.123. The summed E-state index contributed by atoms with van der Waals surface area (Å²) in [5.41, 5.74) is -0.495. The zero-order valence-electron chi connectivity index (χ0n) is 12.1. The van der Waals surface area contributed by atoms with E-state index < -0.39 is 33.5 Å². The van der Waals surface area contributed by atoms with Crippen LogP contribution in [0.5, 0.6) is 0 Å². The molecule has 9 heteroatoms. The summed E-state index contributed by atoms with van der Waals surface area (Å²) in [6, 6.07) is 0.181. The fourth-order valence-electron chi connectivity index (χ4n) is 1.49. The van der Waals surface area contributed by atoms with Gasteiger partial charge in [0.1, 0.15) is 9.77 Å². The van der Waals surface area contributed by atoms with Gasteiger partial charge in [0.15, 0.2) is 0 Å². The van der Waals surface area contributed by atoms with E-state index in [0.717, 1.165) is 11.3 Å². The highest BCUT2D eigenvalue weighted by molar-refractivity contribution is 7.89. The Morgan fingerprint density at radius 1 is 1.33 bits per heavy atom. The van der Waals surface area contributed by atoms with Gasteiger partial charge >= 0.3 is 5.97 Å². The first-order valence-electron chi connectivity index (χ1n) is 6.09. The number of carboxylic acids is 1. The van der Waals surface area contributed by atoms with Crippen molar-refractivity contribution in [2.45, 2.75) is 44.2 Å². The van der Waals surface area contributed by atoms with Gasteiger partial charge in [-0.3, -0.25) is 4.79 Å². The van der Waals surface area contributed by atoms with E-state index in [-0.39, 0.29) is 9.77 Å². The molecule has 0 bridgehead atoms. The molecule has 21 heavy (non-hydrogen) atoms. The Balaban J connectivity index is 2.93. The van der Waals surface area contributed by atoms with Gasteiger partial charge < -0.3 is 10.4 Å². The van der Waals surface area contributed by atoms with Crippen molar-refractivity contribution in [2.75, 3.05) is 0 Å². The van der Waals surface area contributed by atoms with E-state index in [0.29, 0.717) is 0 Å².